The second kappa shape index (κ2) is 8.22. The zero-order chi connectivity index (χ0) is 20.5. The van der Waals surface area contributed by atoms with Crippen molar-refractivity contribution in [3.63, 3.8) is 0 Å². The summed E-state index contributed by atoms with van der Waals surface area (Å²) in [6, 6.07) is 16.8. The van der Waals surface area contributed by atoms with Gasteiger partial charge in [-0.1, -0.05) is 36.4 Å². The molecule has 1 unspecified atom stereocenters. The Morgan fingerprint density at radius 2 is 1.80 bits per heavy atom. The number of nitrogens with zero attached hydrogens (tertiary/aromatic N) is 3. The highest BCUT2D eigenvalue weighted by Crippen LogP contribution is 2.29. The van der Waals surface area contributed by atoms with Gasteiger partial charge in [0.05, 0.1) is 6.20 Å². The van der Waals surface area contributed by atoms with E-state index in [4.69, 9.17) is 4.98 Å². The van der Waals surface area contributed by atoms with Crippen molar-refractivity contribution in [3.05, 3.63) is 72.7 Å². The third-order valence-electron chi connectivity index (χ3n) is 5.90. The van der Waals surface area contributed by atoms with Gasteiger partial charge in [-0.15, -0.1) is 0 Å². The first-order chi connectivity index (χ1) is 14.7. The second-order valence-corrected chi connectivity index (χ2v) is 9.25. The van der Waals surface area contributed by atoms with Gasteiger partial charge in [-0.3, -0.25) is 0 Å². The van der Waals surface area contributed by atoms with E-state index in [1.807, 2.05) is 47.4 Å². The molecular formula is C24H25N4OS+. The van der Waals surface area contributed by atoms with Crippen LogP contribution in [0.25, 0.3) is 27.9 Å². The quantitative estimate of drug-likeness (QED) is 0.476. The van der Waals surface area contributed by atoms with E-state index in [0.29, 0.717) is 5.92 Å². The average molecular weight is 418 g/mol. The Balaban J connectivity index is 1.44. The maximum atomic E-state index is 9.91. The topological polar surface area (TPSA) is 62.5 Å². The number of benzene rings is 2. The number of piperidine rings is 1. The van der Waals surface area contributed by atoms with Gasteiger partial charge in [0, 0.05) is 29.6 Å². The summed E-state index contributed by atoms with van der Waals surface area (Å²) in [6.07, 6.45) is 10.0. The highest BCUT2D eigenvalue weighted by atomic mass is 32.2. The number of nitrogens with one attached hydrogen (secondary N) is 1. The third kappa shape index (κ3) is 3.74. The van der Waals surface area contributed by atoms with Crippen molar-refractivity contribution < 1.29 is 4.55 Å². The molecular weight excluding hydrogens is 392 g/mol. The van der Waals surface area contributed by atoms with Crippen molar-refractivity contribution in [2.45, 2.75) is 23.7 Å². The molecule has 5 nitrogen and oxygen atoms in total. The Morgan fingerprint density at radius 3 is 2.57 bits per heavy atom. The van der Waals surface area contributed by atoms with E-state index in [0.717, 1.165) is 45.9 Å². The molecule has 2 aromatic heterocycles. The van der Waals surface area contributed by atoms with Gasteiger partial charge >= 0.3 is 0 Å². The molecule has 0 bridgehead atoms. The zero-order valence-electron chi connectivity index (χ0n) is 17.0. The van der Waals surface area contributed by atoms with Crippen LogP contribution < -0.4 is 5.32 Å². The van der Waals surface area contributed by atoms with Crippen LogP contribution in [-0.4, -0.2) is 38.5 Å². The van der Waals surface area contributed by atoms with Gasteiger partial charge in [0.25, 0.3) is 0 Å². The predicted octanol–water partition coefficient (Wildman–Crippen LogP) is 4.61. The molecule has 1 fully saturated rings. The monoisotopic (exact) mass is 417 g/mol. The first-order valence-corrected chi connectivity index (χ1v) is 11.9. The van der Waals surface area contributed by atoms with Crippen molar-refractivity contribution in [1.29, 1.82) is 0 Å². The van der Waals surface area contributed by atoms with Crippen LogP contribution in [0.15, 0.2) is 72.0 Å². The maximum absolute atomic E-state index is 9.91. The minimum atomic E-state index is -0.768. The zero-order valence-corrected chi connectivity index (χ0v) is 17.8. The first-order valence-electron chi connectivity index (χ1n) is 10.3. The van der Waals surface area contributed by atoms with Crippen molar-refractivity contribution in [2.24, 2.45) is 0 Å². The molecule has 5 rings (SSSR count). The fraction of sp³-hybridized carbons (Fsp3) is 0.250. The average Bonchev–Trinajstić information content (AvgIpc) is 3.23. The van der Waals surface area contributed by atoms with Gasteiger partial charge in [-0.2, -0.15) is 9.65 Å². The summed E-state index contributed by atoms with van der Waals surface area (Å²) >= 11 is -0.768. The third-order valence-corrected chi connectivity index (χ3v) is 6.83. The van der Waals surface area contributed by atoms with Gasteiger partial charge < -0.3 is 5.32 Å². The molecule has 1 atom stereocenters. The Bertz CT molecular complexity index is 1160. The van der Waals surface area contributed by atoms with Crippen molar-refractivity contribution in [3.8, 4) is 22.3 Å². The Labute approximate surface area is 179 Å². The van der Waals surface area contributed by atoms with Crippen LogP contribution in [-0.2, 0) is 11.2 Å². The van der Waals surface area contributed by atoms with Crippen LogP contribution in [0.2, 0.25) is 0 Å². The van der Waals surface area contributed by atoms with Crippen LogP contribution >= 0.6 is 0 Å². The Kier molecular flexibility index (Phi) is 5.29. The Hall–Kier alpha value is -2.67. The molecule has 6 heteroatoms. The van der Waals surface area contributed by atoms with Gasteiger partial charge in [0.2, 0.25) is 0 Å². The molecule has 0 amide bonds. The van der Waals surface area contributed by atoms with E-state index in [9.17, 15) is 4.55 Å². The van der Waals surface area contributed by atoms with Crippen LogP contribution in [0.1, 0.15) is 24.3 Å². The Morgan fingerprint density at radius 1 is 1.00 bits per heavy atom. The van der Waals surface area contributed by atoms with Crippen LogP contribution in [0.4, 0.5) is 0 Å². The SMILES string of the molecule is C[S+](O)c1cccc(-c2cnn3cc(-c4ccc(C5CCNCC5)cc4)cnc23)c1. The number of rotatable bonds is 4. The van der Waals surface area contributed by atoms with E-state index in [1.54, 1.807) is 6.26 Å². The van der Waals surface area contributed by atoms with Gasteiger partial charge in [0.15, 0.2) is 21.7 Å². The fourth-order valence-electron chi connectivity index (χ4n) is 4.18. The molecule has 1 saturated heterocycles. The standard InChI is InChI=1S/C24H25N4OS/c1-30(29)22-4-2-3-20(13-22)23-15-27-28-16-21(14-26-24(23)28)18-7-5-17(6-8-18)19-9-11-25-12-10-19/h2-8,13-16,19,25,29H,9-12H2,1H3/q+1. The molecule has 1 aliphatic heterocycles. The lowest BCUT2D eigenvalue weighted by Gasteiger charge is -2.23. The van der Waals surface area contributed by atoms with Crippen LogP contribution in [0.5, 0.6) is 0 Å². The molecule has 0 saturated carbocycles. The lowest BCUT2D eigenvalue weighted by atomic mass is 9.89. The number of hydrogen-bond acceptors (Lipinski definition) is 4. The van der Waals surface area contributed by atoms with E-state index < -0.39 is 11.2 Å². The molecule has 2 N–H and O–H groups in total. The molecule has 4 aromatic rings. The minimum Gasteiger partial charge on any atom is -0.317 e. The number of hydrogen-bond donors (Lipinski definition) is 2. The summed E-state index contributed by atoms with van der Waals surface area (Å²) in [5, 5.41) is 7.96. The highest BCUT2D eigenvalue weighted by molar-refractivity contribution is 7.90. The summed E-state index contributed by atoms with van der Waals surface area (Å²) in [7, 11) is 0. The van der Waals surface area contributed by atoms with Crippen LogP contribution in [0, 0.1) is 0 Å². The van der Waals surface area contributed by atoms with Crippen molar-refractivity contribution >= 4 is 16.8 Å². The second-order valence-electron chi connectivity index (χ2n) is 7.82. The van der Waals surface area contributed by atoms with E-state index >= 15 is 0 Å². The smallest absolute Gasteiger partial charge is 0.190 e. The van der Waals surface area contributed by atoms with Crippen LogP contribution in [0.3, 0.4) is 0 Å². The highest BCUT2D eigenvalue weighted by Gasteiger charge is 2.17. The summed E-state index contributed by atoms with van der Waals surface area (Å²) in [4.78, 5) is 5.63. The predicted molar refractivity (Wildman–Crippen MR) is 123 cm³/mol. The summed E-state index contributed by atoms with van der Waals surface area (Å²) in [5.41, 5.74) is 6.42. The summed E-state index contributed by atoms with van der Waals surface area (Å²) in [5.74, 6) is 0.660. The van der Waals surface area contributed by atoms with E-state index in [-0.39, 0.29) is 0 Å². The van der Waals surface area contributed by atoms with Crippen molar-refractivity contribution in [2.75, 3.05) is 19.3 Å². The molecule has 30 heavy (non-hydrogen) atoms. The minimum absolute atomic E-state index is 0.660. The first kappa shape index (κ1) is 19.3. The maximum Gasteiger partial charge on any atom is 0.190 e. The molecule has 2 aromatic carbocycles. The van der Waals surface area contributed by atoms with E-state index in [2.05, 4.69) is 34.7 Å². The largest absolute Gasteiger partial charge is 0.317 e. The molecule has 152 valence electrons. The van der Waals surface area contributed by atoms with Gasteiger partial charge in [0.1, 0.15) is 6.26 Å². The van der Waals surface area contributed by atoms with Crippen molar-refractivity contribution in [1.82, 2.24) is 19.9 Å². The lowest BCUT2D eigenvalue weighted by molar-refractivity contribution is 0.460. The number of fused-ring (bicyclic) bond motifs is 1. The normalized spacial score (nSPS) is 16.1. The van der Waals surface area contributed by atoms with E-state index in [1.165, 1.54) is 18.4 Å². The van der Waals surface area contributed by atoms with Gasteiger partial charge in [-0.25, -0.2) is 9.50 Å². The molecule has 0 radical (unpaired) electrons. The van der Waals surface area contributed by atoms with Gasteiger partial charge in [-0.05, 0) is 54.6 Å². The molecule has 0 aliphatic carbocycles. The summed E-state index contributed by atoms with van der Waals surface area (Å²) < 4.78 is 11.7. The fourth-order valence-corrected chi connectivity index (χ4v) is 4.75. The molecule has 1 aliphatic rings. The number of aromatic nitrogens is 3. The summed E-state index contributed by atoms with van der Waals surface area (Å²) in [6.45, 7) is 2.21. The molecule has 0 spiro atoms. The molecule has 3 heterocycles. The lowest BCUT2D eigenvalue weighted by Crippen LogP contribution is -2.26.